The zero-order valence-electron chi connectivity index (χ0n) is 10.7. The van der Waals surface area contributed by atoms with Gasteiger partial charge < -0.3 is 9.05 Å². The van der Waals surface area contributed by atoms with Crippen molar-refractivity contribution in [1.82, 2.24) is 0 Å². The molecule has 0 amide bonds. The summed E-state index contributed by atoms with van der Waals surface area (Å²) >= 11 is 0. The maximum Gasteiger partial charge on any atom is 0.353 e. The summed E-state index contributed by atoms with van der Waals surface area (Å²) in [5, 5.41) is 0. The molecule has 0 N–H and O–H groups in total. The van der Waals surface area contributed by atoms with Gasteiger partial charge in [0.05, 0.1) is 0 Å². The van der Waals surface area contributed by atoms with E-state index >= 15 is 0 Å². The summed E-state index contributed by atoms with van der Waals surface area (Å²) < 4.78 is 21.5. The van der Waals surface area contributed by atoms with Gasteiger partial charge in [-0.3, -0.25) is 4.57 Å². The fourth-order valence-electron chi connectivity index (χ4n) is 1.41. The number of hydrogen-bond acceptors (Lipinski definition) is 3. The Morgan fingerprint density at radius 2 is 1.71 bits per heavy atom. The third kappa shape index (κ3) is 4.12. The van der Waals surface area contributed by atoms with Crippen molar-refractivity contribution in [3.05, 3.63) is 47.3 Å². The van der Waals surface area contributed by atoms with Gasteiger partial charge in [-0.15, -0.1) is 0 Å². The highest BCUT2D eigenvalue weighted by Gasteiger charge is 2.16. The number of rotatable bonds is 5. The Labute approximate surface area is 103 Å². The highest BCUT2D eigenvalue weighted by molar-refractivity contribution is 7.57. The molecule has 1 aromatic carbocycles. The quantitative estimate of drug-likeness (QED) is 0.742. The zero-order chi connectivity index (χ0) is 12.9. The van der Waals surface area contributed by atoms with Crippen molar-refractivity contribution in [2.45, 2.75) is 19.8 Å². The Kier molecular flexibility index (Phi) is 5.13. The van der Waals surface area contributed by atoms with Crippen LogP contribution in [0.25, 0.3) is 0 Å². The molecule has 0 aliphatic heterocycles. The lowest BCUT2D eigenvalue weighted by Crippen LogP contribution is -1.90. The minimum absolute atomic E-state index is 0.175. The highest BCUT2D eigenvalue weighted by atomic mass is 31.2. The first-order valence-electron chi connectivity index (χ1n) is 5.48. The summed E-state index contributed by atoms with van der Waals surface area (Å²) in [5.74, 6) is 1.69. The van der Waals surface area contributed by atoms with Crippen LogP contribution in [0.2, 0.25) is 0 Å². The van der Waals surface area contributed by atoms with Crippen molar-refractivity contribution < 1.29 is 13.6 Å². The molecule has 17 heavy (non-hydrogen) atoms. The Bertz CT molecular complexity index is 415. The van der Waals surface area contributed by atoms with Crippen molar-refractivity contribution in [2.24, 2.45) is 0 Å². The van der Waals surface area contributed by atoms with Crippen molar-refractivity contribution >= 4 is 7.60 Å². The molecule has 0 saturated carbocycles. The normalized spacial score (nSPS) is 14.1. The summed E-state index contributed by atoms with van der Waals surface area (Å²) in [6.07, 6.45) is 1.85. The van der Waals surface area contributed by atoms with Crippen LogP contribution in [0.5, 0.6) is 0 Å². The molecule has 0 aliphatic carbocycles. The molecule has 1 atom stereocenters. The van der Waals surface area contributed by atoms with Crippen molar-refractivity contribution in [3.63, 3.8) is 0 Å². The van der Waals surface area contributed by atoms with Crippen LogP contribution in [0, 0.1) is 6.92 Å². The second-order valence-corrected chi connectivity index (χ2v) is 6.05. The van der Waals surface area contributed by atoms with Gasteiger partial charge in [0.15, 0.2) is 0 Å². The molecule has 0 spiro atoms. The van der Waals surface area contributed by atoms with E-state index in [4.69, 9.17) is 9.05 Å². The van der Waals surface area contributed by atoms with Crippen molar-refractivity contribution in [1.29, 1.82) is 0 Å². The van der Waals surface area contributed by atoms with Crippen LogP contribution in [0.1, 0.15) is 24.0 Å². The van der Waals surface area contributed by atoms with Gasteiger partial charge in [-0.1, -0.05) is 42.8 Å². The molecule has 0 saturated heterocycles. The van der Waals surface area contributed by atoms with E-state index in [-0.39, 0.29) is 5.92 Å². The van der Waals surface area contributed by atoms with Crippen molar-refractivity contribution in [2.75, 3.05) is 14.2 Å². The molecule has 3 nitrogen and oxygen atoms in total. The van der Waals surface area contributed by atoms with E-state index < -0.39 is 7.60 Å². The standard InChI is InChI=1S/C13H19O3P/c1-11-5-7-13(8-6-11)12(2)9-10-17(14,15-3)16-4/h5-10,12H,1-4H3/b10-9+/t12-/m1/s1. The topological polar surface area (TPSA) is 35.5 Å². The first-order chi connectivity index (χ1) is 8.00. The number of aryl methyl sites for hydroxylation is 1. The Morgan fingerprint density at radius 3 is 2.18 bits per heavy atom. The fraction of sp³-hybridized carbons (Fsp3) is 0.385. The maximum atomic E-state index is 11.8. The number of allylic oxidation sites excluding steroid dienone is 1. The molecule has 4 heteroatoms. The van der Waals surface area contributed by atoms with E-state index in [1.807, 2.05) is 19.9 Å². The highest BCUT2D eigenvalue weighted by Crippen LogP contribution is 2.48. The second kappa shape index (κ2) is 6.15. The lowest BCUT2D eigenvalue weighted by atomic mass is 10.0. The molecule has 0 fully saturated rings. The first-order valence-corrected chi connectivity index (χ1v) is 7.09. The van der Waals surface area contributed by atoms with E-state index in [0.717, 1.165) is 0 Å². The molecule has 94 valence electrons. The molecular weight excluding hydrogens is 235 g/mol. The molecule has 0 heterocycles. The zero-order valence-corrected chi connectivity index (χ0v) is 11.6. The predicted molar refractivity (Wildman–Crippen MR) is 70.4 cm³/mol. The van der Waals surface area contributed by atoms with Crippen LogP contribution in [-0.4, -0.2) is 14.2 Å². The van der Waals surface area contributed by atoms with E-state index in [0.29, 0.717) is 0 Å². The minimum atomic E-state index is -3.05. The van der Waals surface area contributed by atoms with Gasteiger partial charge in [-0.25, -0.2) is 0 Å². The van der Waals surface area contributed by atoms with E-state index in [1.54, 1.807) is 0 Å². The van der Waals surface area contributed by atoms with Crippen molar-refractivity contribution in [3.8, 4) is 0 Å². The van der Waals surface area contributed by atoms with E-state index in [2.05, 4.69) is 24.3 Å². The number of benzene rings is 1. The predicted octanol–water partition coefficient (Wildman–Crippen LogP) is 4.10. The smallest absolute Gasteiger partial charge is 0.309 e. The average molecular weight is 254 g/mol. The SMILES string of the molecule is COP(=O)(/C=C/[C@@H](C)c1ccc(C)cc1)OC. The van der Waals surface area contributed by atoms with Crippen LogP contribution in [-0.2, 0) is 13.6 Å². The largest absolute Gasteiger partial charge is 0.353 e. The summed E-state index contributed by atoms with van der Waals surface area (Å²) in [7, 11) is -0.285. The molecule has 1 rings (SSSR count). The van der Waals surface area contributed by atoms with Gasteiger partial charge in [0, 0.05) is 20.0 Å². The third-order valence-electron chi connectivity index (χ3n) is 2.67. The molecule has 0 bridgehead atoms. The lowest BCUT2D eigenvalue weighted by Gasteiger charge is -2.11. The lowest BCUT2D eigenvalue weighted by molar-refractivity contribution is 0.286. The summed E-state index contributed by atoms with van der Waals surface area (Å²) in [6, 6.07) is 8.25. The van der Waals surface area contributed by atoms with Crippen LogP contribution in [0.4, 0.5) is 0 Å². The number of hydrogen-bond donors (Lipinski definition) is 0. The summed E-state index contributed by atoms with van der Waals surface area (Å²) in [5.41, 5.74) is 2.40. The molecule has 0 aromatic heterocycles. The molecule has 0 unspecified atom stereocenters. The van der Waals surface area contributed by atoms with Gasteiger partial charge in [-0.05, 0) is 18.4 Å². The Hall–Kier alpha value is -0.890. The molecular formula is C13H19O3P. The van der Waals surface area contributed by atoms with Crippen LogP contribution in [0.15, 0.2) is 36.2 Å². The summed E-state index contributed by atoms with van der Waals surface area (Å²) in [6.45, 7) is 4.09. The Balaban J connectivity index is 2.78. The third-order valence-corrected chi connectivity index (χ3v) is 4.22. The van der Waals surface area contributed by atoms with E-state index in [9.17, 15) is 4.57 Å². The van der Waals surface area contributed by atoms with Gasteiger partial charge in [-0.2, -0.15) is 0 Å². The van der Waals surface area contributed by atoms with Crippen LogP contribution in [0.3, 0.4) is 0 Å². The van der Waals surface area contributed by atoms with Gasteiger partial charge in [0.25, 0.3) is 0 Å². The van der Waals surface area contributed by atoms with Crippen LogP contribution >= 0.6 is 7.60 Å². The van der Waals surface area contributed by atoms with Crippen LogP contribution < -0.4 is 0 Å². The van der Waals surface area contributed by atoms with E-state index in [1.165, 1.54) is 31.2 Å². The van der Waals surface area contributed by atoms with Gasteiger partial charge in [0.2, 0.25) is 0 Å². The molecule has 0 aliphatic rings. The van der Waals surface area contributed by atoms with Gasteiger partial charge in [0.1, 0.15) is 0 Å². The molecule has 1 aromatic rings. The monoisotopic (exact) mass is 254 g/mol. The summed E-state index contributed by atoms with van der Waals surface area (Å²) in [4.78, 5) is 0. The fourth-order valence-corrected chi connectivity index (χ4v) is 2.27. The van der Waals surface area contributed by atoms with Gasteiger partial charge >= 0.3 is 7.60 Å². The second-order valence-electron chi connectivity index (χ2n) is 3.95. The first kappa shape index (κ1) is 14.2. The Morgan fingerprint density at radius 1 is 1.18 bits per heavy atom. The average Bonchev–Trinajstić information content (AvgIpc) is 2.36. The molecule has 0 radical (unpaired) electrons. The maximum absolute atomic E-state index is 11.8. The minimum Gasteiger partial charge on any atom is -0.309 e.